The van der Waals surface area contributed by atoms with Gasteiger partial charge < -0.3 is 5.11 Å². The van der Waals surface area contributed by atoms with Crippen LogP contribution in [0, 0.1) is 0 Å². The van der Waals surface area contributed by atoms with Gasteiger partial charge in [0, 0.05) is 6.20 Å². The van der Waals surface area contributed by atoms with Crippen LogP contribution in [0.3, 0.4) is 0 Å². The Kier molecular flexibility index (Phi) is 1.75. The molecule has 0 spiro atoms. The topological polar surface area (TPSA) is 72.2 Å². The average molecular weight is 212 g/mol. The highest BCUT2D eigenvalue weighted by Gasteiger charge is 2.14. The molecule has 74 valence electrons. The van der Waals surface area contributed by atoms with E-state index in [2.05, 4.69) is 4.98 Å². The van der Waals surface area contributed by atoms with E-state index >= 15 is 0 Å². The van der Waals surface area contributed by atoms with Gasteiger partial charge in [0.05, 0.1) is 17.8 Å². The third kappa shape index (κ3) is 1.24. The molecule has 0 radical (unpaired) electrons. The van der Waals surface area contributed by atoms with E-state index in [1.807, 2.05) is 0 Å². The van der Waals surface area contributed by atoms with Crippen LogP contribution in [0.5, 0.6) is 5.75 Å². The second-order valence-electron chi connectivity index (χ2n) is 2.95. The Hall–Kier alpha value is -1.56. The number of fused-ring (bicyclic) bond motifs is 1. The lowest BCUT2D eigenvalue weighted by Crippen LogP contribution is -2.08. The lowest BCUT2D eigenvalue weighted by molar-refractivity contribution is 0.480. The van der Waals surface area contributed by atoms with Crippen LogP contribution in [0.2, 0.25) is 0 Å². The van der Waals surface area contributed by atoms with Crippen LogP contribution in [0.15, 0.2) is 24.5 Å². The monoisotopic (exact) mass is 212 g/mol. The summed E-state index contributed by atoms with van der Waals surface area (Å²) < 4.78 is 23.5. The highest BCUT2D eigenvalue weighted by atomic mass is 32.2. The maximum atomic E-state index is 11.3. The van der Waals surface area contributed by atoms with Crippen LogP contribution < -0.4 is 0 Å². The van der Waals surface area contributed by atoms with Gasteiger partial charge in [0.15, 0.2) is 5.65 Å². The first-order chi connectivity index (χ1) is 6.50. The Balaban J connectivity index is 2.93. The van der Waals surface area contributed by atoms with Gasteiger partial charge in [-0.3, -0.25) is 0 Å². The Morgan fingerprint density at radius 1 is 1.50 bits per heavy atom. The summed E-state index contributed by atoms with van der Waals surface area (Å²) in [4.78, 5) is 3.89. The van der Waals surface area contributed by atoms with Crippen molar-refractivity contribution in [3.8, 4) is 5.75 Å². The van der Waals surface area contributed by atoms with Gasteiger partial charge in [0.1, 0.15) is 5.75 Å². The van der Waals surface area contributed by atoms with E-state index in [4.69, 9.17) is 0 Å². The van der Waals surface area contributed by atoms with E-state index in [0.717, 1.165) is 16.4 Å². The van der Waals surface area contributed by atoms with Gasteiger partial charge >= 0.3 is 0 Å². The third-order valence-corrected chi connectivity index (χ3v) is 2.86. The molecule has 2 aromatic heterocycles. The molecule has 0 unspecified atom stereocenters. The summed E-state index contributed by atoms with van der Waals surface area (Å²) in [5.74, 6) is -0.0847. The maximum absolute atomic E-state index is 11.3. The molecule has 5 nitrogen and oxygen atoms in total. The molecule has 0 fully saturated rings. The van der Waals surface area contributed by atoms with Crippen LogP contribution in [0.25, 0.3) is 11.0 Å². The van der Waals surface area contributed by atoms with Crippen molar-refractivity contribution in [2.24, 2.45) is 0 Å². The fourth-order valence-corrected chi connectivity index (χ4v) is 2.02. The van der Waals surface area contributed by atoms with Gasteiger partial charge in [-0.15, -0.1) is 0 Å². The van der Waals surface area contributed by atoms with Crippen LogP contribution in [-0.2, 0) is 10.0 Å². The minimum atomic E-state index is -3.41. The molecule has 6 heteroatoms. The van der Waals surface area contributed by atoms with E-state index in [-0.39, 0.29) is 11.4 Å². The molecule has 2 aromatic rings. The van der Waals surface area contributed by atoms with Crippen LogP contribution in [0.1, 0.15) is 0 Å². The van der Waals surface area contributed by atoms with Crippen molar-refractivity contribution >= 4 is 21.1 Å². The smallest absolute Gasteiger partial charge is 0.237 e. The number of rotatable bonds is 1. The van der Waals surface area contributed by atoms with Crippen molar-refractivity contribution in [3.63, 3.8) is 0 Å². The molecular formula is C8H8N2O3S. The fourth-order valence-electron chi connectivity index (χ4n) is 1.27. The van der Waals surface area contributed by atoms with Crippen LogP contribution in [0.4, 0.5) is 0 Å². The molecule has 0 bridgehead atoms. The Labute approximate surface area is 80.7 Å². The van der Waals surface area contributed by atoms with E-state index in [9.17, 15) is 13.5 Å². The SMILES string of the molecule is CS(=O)(=O)n1cc(O)c2cccnc21. The number of hydrogen-bond acceptors (Lipinski definition) is 4. The summed E-state index contributed by atoms with van der Waals surface area (Å²) in [7, 11) is -3.41. The summed E-state index contributed by atoms with van der Waals surface area (Å²) in [5.41, 5.74) is 0.243. The van der Waals surface area contributed by atoms with Gasteiger partial charge in [-0.05, 0) is 12.1 Å². The van der Waals surface area contributed by atoms with E-state index in [1.165, 1.54) is 6.20 Å². The summed E-state index contributed by atoms with van der Waals surface area (Å²) in [6.45, 7) is 0. The average Bonchev–Trinajstić information content (AvgIpc) is 2.44. The van der Waals surface area contributed by atoms with Crippen molar-refractivity contribution in [2.45, 2.75) is 0 Å². The zero-order valence-electron chi connectivity index (χ0n) is 7.38. The predicted octanol–water partition coefficient (Wildman–Crippen LogP) is 0.550. The fraction of sp³-hybridized carbons (Fsp3) is 0.125. The van der Waals surface area contributed by atoms with Crippen molar-refractivity contribution < 1.29 is 13.5 Å². The van der Waals surface area contributed by atoms with Crippen molar-refractivity contribution in [1.82, 2.24) is 8.96 Å². The molecule has 2 heterocycles. The highest BCUT2D eigenvalue weighted by Crippen LogP contribution is 2.25. The molecule has 0 aliphatic heterocycles. The summed E-state index contributed by atoms with van der Waals surface area (Å²) in [6.07, 6.45) is 3.68. The summed E-state index contributed by atoms with van der Waals surface area (Å²) in [6, 6.07) is 3.24. The van der Waals surface area contributed by atoms with Crippen molar-refractivity contribution in [1.29, 1.82) is 0 Å². The number of hydrogen-bond donors (Lipinski definition) is 1. The maximum Gasteiger partial charge on any atom is 0.237 e. The predicted molar refractivity (Wildman–Crippen MR) is 51.6 cm³/mol. The van der Waals surface area contributed by atoms with Crippen molar-refractivity contribution in [3.05, 3.63) is 24.5 Å². The minimum absolute atomic E-state index is 0.0847. The molecule has 14 heavy (non-hydrogen) atoms. The number of pyridine rings is 1. The highest BCUT2D eigenvalue weighted by molar-refractivity contribution is 7.89. The Morgan fingerprint density at radius 3 is 2.86 bits per heavy atom. The second kappa shape index (κ2) is 2.71. The molecule has 0 aliphatic rings. The Morgan fingerprint density at radius 2 is 2.21 bits per heavy atom. The number of aromatic nitrogens is 2. The first-order valence-electron chi connectivity index (χ1n) is 3.86. The van der Waals surface area contributed by atoms with E-state index in [0.29, 0.717) is 5.39 Å². The minimum Gasteiger partial charge on any atom is -0.506 e. The quantitative estimate of drug-likeness (QED) is 0.749. The molecule has 0 amide bonds. The lowest BCUT2D eigenvalue weighted by Gasteiger charge is -1.98. The molecule has 2 rings (SSSR count). The van der Waals surface area contributed by atoms with E-state index in [1.54, 1.807) is 12.1 Å². The van der Waals surface area contributed by atoms with E-state index < -0.39 is 10.0 Å². The van der Waals surface area contributed by atoms with Gasteiger partial charge in [-0.2, -0.15) is 0 Å². The molecule has 0 aromatic carbocycles. The van der Waals surface area contributed by atoms with Gasteiger partial charge in [-0.1, -0.05) is 0 Å². The van der Waals surface area contributed by atoms with Crippen LogP contribution in [-0.4, -0.2) is 28.7 Å². The largest absolute Gasteiger partial charge is 0.506 e. The molecule has 0 saturated heterocycles. The van der Waals surface area contributed by atoms with Gasteiger partial charge in [0.25, 0.3) is 0 Å². The van der Waals surface area contributed by atoms with Gasteiger partial charge in [-0.25, -0.2) is 17.4 Å². The number of nitrogens with zero attached hydrogens (tertiary/aromatic N) is 2. The standard InChI is InChI=1S/C8H8N2O3S/c1-14(12,13)10-5-7(11)6-3-2-4-9-8(6)10/h2-5,11H,1H3. The normalized spacial score (nSPS) is 12.1. The molecule has 0 atom stereocenters. The zero-order chi connectivity index (χ0) is 10.3. The first kappa shape index (κ1) is 9.01. The zero-order valence-corrected chi connectivity index (χ0v) is 8.19. The molecule has 0 aliphatic carbocycles. The van der Waals surface area contributed by atoms with Gasteiger partial charge in [0.2, 0.25) is 10.0 Å². The molecule has 0 saturated carbocycles. The Bertz CT molecular complexity index is 586. The summed E-state index contributed by atoms with van der Waals surface area (Å²) in [5, 5.41) is 9.86. The lowest BCUT2D eigenvalue weighted by atomic mass is 10.3. The molecule has 1 N–H and O–H groups in total. The number of aromatic hydroxyl groups is 1. The summed E-state index contributed by atoms with van der Waals surface area (Å²) >= 11 is 0. The third-order valence-electron chi connectivity index (χ3n) is 1.87. The van der Waals surface area contributed by atoms with Crippen LogP contribution >= 0.6 is 0 Å². The van der Waals surface area contributed by atoms with Crippen molar-refractivity contribution in [2.75, 3.05) is 6.26 Å². The first-order valence-corrected chi connectivity index (χ1v) is 5.70. The molecular weight excluding hydrogens is 204 g/mol. The second-order valence-corrected chi connectivity index (χ2v) is 4.81.